The number of halogens is 1. The molecule has 0 spiro atoms. The third-order valence-corrected chi connectivity index (χ3v) is 6.96. The molecule has 4 aromatic rings. The molecule has 0 aliphatic heterocycles. The maximum absolute atomic E-state index is 13.7. The van der Waals surface area contributed by atoms with Crippen LogP contribution in [0.4, 0.5) is 5.82 Å². The predicted octanol–water partition coefficient (Wildman–Crippen LogP) is 7.40. The Morgan fingerprint density at radius 1 is 1.06 bits per heavy atom. The SMILES string of the molecule is Cc1ccc2c(Cl)c(C(=O)N(Cc3ccc(C(C)(C)C)cc3)c3ccccn3)sc2c1. The number of nitrogens with zero attached hydrogens (tertiary/aromatic N) is 2. The van der Waals surface area contributed by atoms with Crippen molar-refractivity contribution >= 4 is 44.7 Å². The van der Waals surface area contributed by atoms with Crippen LogP contribution in [-0.2, 0) is 12.0 Å². The van der Waals surface area contributed by atoms with E-state index in [1.165, 1.54) is 16.9 Å². The molecule has 2 aromatic heterocycles. The number of aromatic nitrogens is 1. The molecule has 0 aliphatic rings. The number of carbonyl (C=O) groups is 1. The molecule has 4 rings (SSSR count). The minimum Gasteiger partial charge on any atom is -0.287 e. The number of hydrogen-bond donors (Lipinski definition) is 0. The lowest BCUT2D eigenvalue weighted by atomic mass is 9.87. The summed E-state index contributed by atoms with van der Waals surface area (Å²) < 4.78 is 1.02. The zero-order valence-corrected chi connectivity index (χ0v) is 19.7. The van der Waals surface area contributed by atoms with E-state index in [1.807, 2.05) is 37.3 Å². The fourth-order valence-corrected chi connectivity index (χ4v) is 5.05. The highest BCUT2D eigenvalue weighted by Gasteiger charge is 2.25. The molecule has 0 unspecified atom stereocenters. The molecule has 0 N–H and O–H groups in total. The molecule has 5 heteroatoms. The van der Waals surface area contributed by atoms with E-state index in [0.717, 1.165) is 21.2 Å². The third-order valence-electron chi connectivity index (χ3n) is 5.31. The van der Waals surface area contributed by atoms with Gasteiger partial charge < -0.3 is 0 Å². The van der Waals surface area contributed by atoms with Gasteiger partial charge in [-0.25, -0.2) is 4.98 Å². The van der Waals surface area contributed by atoms with Crippen LogP contribution in [0, 0.1) is 6.92 Å². The van der Waals surface area contributed by atoms with Crippen LogP contribution in [0.5, 0.6) is 0 Å². The first-order valence-electron chi connectivity index (χ1n) is 10.2. The minimum absolute atomic E-state index is 0.0811. The van der Waals surface area contributed by atoms with Crippen LogP contribution in [0.2, 0.25) is 5.02 Å². The number of pyridine rings is 1. The number of benzene rings is 2. The Morgan fingerprint density at radius 2 is 1.81 bits per heavy atom. The number of aryl methyl sites for hydroxylation is 1. The summed E-state index contributed by atoms with van der Waals surface area (Å²) in [5.41, 5.74) is 3.53. The first-order valence-corrected chi connectivity index (χ1v) is 11.4. The van der Waals surface area contributed by atoms with Crippen LogP contribution < -0.4 is 4.90 Å². The second kappa shape index (κ2) is 8.45. The van der Waals surface area contributed by atoms with Gasteiger partial charge in [0.25, 0.3) is 5.91 Å². The molecule has 0 atom stereocenters. The molecule has 0 bridgehead atoms. The van der Waals surface area contributed by atoms with Crippen molar-refractivity contribution in [2.45, 2.75) is 39.7 Å². The number of carbonyl (C=O) groups excluding carboxylic acids is 1. The van der Waals surface area contributed by atoms with Crippen molar-refractivity contribution in [2.24, 2.45) is 0 Å². The van der Waals surface area contributed by atoms with Crippen LogP contribution in [0.25, 0.3) is 10.1 Å². The number of fused-ring (bicyclic) bond motifs is 1. The van der Waals surface area contributed by atoms with Crippen molar-refractivity contribution in [1.29, 1.82) is 0 Å². The number of rotatable bonds is 4. The first kappa shape index (κ1) is 21.5. The highest BCUT2D eigenvalue weighted by Crippen LogP contribution is 2.37. The number of hydrogen-bond acceptors (Lipinski definition) is 3. The molecule has 0 radical (unpaired) electrons. The van der Waals surface area contributed by atoms with E-state index in [9.17, 15) is 4.79 Å². The van der Waals surface area contributed by atoms with Crippen LogP contribution in [0.1, 0.15) is 47.1 Å². The fraction of sp³-hybridized carbons (Fsp3) is 0.231. The van der Waals surface area contributed by atoms with Gasteiger partial charge in [0.15, 0.2) is 0 Å². The average Bonchev–Trinajstić information content (AvgIpc) is 3.07. The van der Waals surface area contributed by atoms with E-state index >= 15 is 0 Å². The molecule has 2 heterocycles. The van der Waals surface area contributed by atoms with Crippen molar-refractivity contribution in [3.63, 3.8) is 0 Å². The molecule has 0 saturated carbocycles. The topological polar surface area (TPSA) is 33.2 Å². The Kier molecular flexibility index (Phi) is 5.87. The van der Waals surface area contributed by atoms with Gasteiger partial charge in [0.2, 0.25) is 0 Å². The van der Waals surface area contributed by atoms with Crippen LogP contribution >= 0.6 is 22.9 Å². The summed E-state index contributed by atoms with van der Waals surface area (Å²) in [6, 6.07) is 20.1. The lowest BCUT2D eigenvalue weighted by Gasteiger charge is -2.23. The molecule has 1 amide bonds. The molecule has 31 heavy (non-hydrogen) atoms. The lowest BCUT2D eigenvalue weighted by Crippen LogP contribution is -2.30. The second-order valence-corrected chi connectivity index (χ2v) is 10.2. The van der Waals surface area contributed by atoms with Crippen molar-refractivity contribution in [1.82, 2.24) is 4.98 Å². The van der Waals surface area contributed by atoms with Gasteiger partial charge in [0, 0.05) is 16.3 Å². The van der Waals surface area contributed by atoms with Crippen LogP contribution in [-0.4, -0.2) is 10.9 Å². The van der Waals surface area contributed by atoms with E-state index in [2.05, 4.69) is 56.1 Å². The quantitative estimate of drug-likeness (QED) is 0.325. The number of amides is 1. The molecular weight excluding hydrogens is 424 g/mol. The van der Waals surface area contributed by atoms with Crippen molar-refractivity contribution in [3.8, 4) is 0 Å². The maximum Gasteiger partial charge on any atom is 0.271 e. The summed E-state index contributed by atoms with van der Waals surface area (Å²) in [6.45, 7) is 9.03. The van der Waals surface area contributed by atoms with Gasteiger partial charge in [-0.2, -0.15) is 0 Å². The summed E-state index contributed by atoms with van der Waals surface area (Å²) in [6.07, 6.45) is 1.70. The molecule has 158 valence electrons. The molecule has 0 fully saturated rings. The summed E-state index contributed by atoms with van der Waals surface area (Å²) in [7, 11) is 0. The Labute approximate surface area is 192 Å². The monoisotopic (exact) mass is 448 g/mol. The van der Waals surface area contributed by atoms with Crippen LogP contribution in [0.3, 0.4) is 0 Å². The van der Waals surface area contributed by atoms with E-state index in [4.69, 9.17) is 11.6 Å². The van der Waals surface area contributed by atoms with Crippen molar-refractivity contribution < 1.29 is 4.79 Å². The fourth-order valence-electron chi connectivity index (χ4n) is 3.50. The van der Waals surface area contributed by atoms with Crippen LogP contribution in [0.15, 0.2) is 66.9 Å². The lowest BCUT2D eigenvalue weighted by molar-refractivity contribution is 0.0988. The first-order chi connectivity index (χ1) is 14.7. The van der Waals surface area contributed by atoms with E-state index in [1.54, 1.807) is 11.1 Å². The maximum atomic E-state index is 13.7. The Balaban J connectivity index is 1.72. The van der Waals surface area contributed by atoms with Gasteiger partial charge in [-0.1, -0.05) is 74.8 Å². The summed E-state index contributed by atoms with van der Waals surface area (Å²) >= 11 is 8.09. The molecular formula is C26H25ClN2OS. The highest BCUT2D eigenvalue weighted by molar-refractivity contribution is 7.21. The summed E-state index contributed by atoms with van der Waals surface area (Å²) in [4.78, 5) is 20.4. The zero-order chi connectivity index (χ0) is 22.2. The normalized spacial score (nSPS) is 11.6. The molecule has 3 nitrogen and oxygen atoms in total. The van der Waals surface area contributed by atoms with Crippen molar-refractivity contribution in [2.75, 3.05) is 4.90 Å². The summed E-state index contributed by atoms with van der Waals surface area (Å²) in [5, 5.41) is 1.42. The largest absolute Gasteiger partial charge is 0.287 e. The average molecular weight is 449 g/mol. The van der Waals surface area contributed by atoms with E-state index < -0.39 is 0 Å². The molecule has 0 saturated heterocycles. The van der Waals surface area contributed by atoms with E-state index in [0.29, 0.717) is 22.3 Å². The number of thiophene rings is 1. The van der Waals surface area contributed by atoms with Gasteiger partial charge in [-0.05, 0) is 47.2 Å². The standard InChI is InChI=1S/C26H25ClN2OS/c1-17-8-13-20-21(15-17)31-24(23(20)27)25(30)29(22-7-5-6-14-28-22)16-18-9-11-19(12-10-18)26(2,3)4/h5-15H,16H2,1-4H3. The van der Waals surface area contributed by atoms with E-state index in [-0.39, 0.29) is 11.3 Å². The van der Waals surface area contributed by atoms with Gasteiger partial charge in [0.05, 0.1) is 11.6 Å². The smallest absolute Gasteiger partial charge is 0.271 e. The second-order valence-electron chi connectivity index (χ2n) is 8.77. The predicted molar refractivity (Wildman–Crippen MR) is 131 cm³/mol. The zero-order valence-electron chi connectivity index (χ0n) is 18.1. The number of anilines is 1. The van der Waals surface area contributed by atoms with Gasteiger partial charge in [0.1, 0.15) is 10.7 Å². The third kappa shape index (κ3) is 4.51. The highest BCUT2D eigenvalue weighted by atomic mass is 35.5. The summed E-state index contributed by atoms with van der Waals surface area (Å²) in [5.74, 6) is 0.472. The molecule has 0 aliphatic carbocycles. The Hall–Kier alpha value is -2.69. The van der Waals surface area contributed by atoms with Crippen molar-refractivity contribution in [3.05, 3.63) is 93.5 Å². The minimum atomic E-state index is -0.137. The van der Waals surface area contributed by atoms with Gasteiger partial charge in [-0.3, -0.25) is 9.69 Å². The van der Waals surface area contributed by atoms with Gasteiger partial charge >= 0.3 is 0 Å². The van der Waals surface area contributed by atoms with Gasteiger partial charge in [-0.15, -0.1) is 11.3 Å². The molecule has 2 aromatic carbocycles. The Bertz CT molecular complexity index is 1220. The Morgan fingerprint density at radius 3 is 2.45 bits per heavy atom.